The maximum atomic E-state index is 5.25. The van der Waals surface area contributed by atoms with Crippen molar-refractivity contribution >= 4 is 11.5 Å². The van der Waals surface area contributed by atoms with Gasteiger partial charge in [-0.15, -0.1) is 5.10 Å². The zero-order valence-corrected chi connectivity index (χ0v) is 13.3. The third-order valence-corrected chi connectivity index (χ3v) is 3.87. The molecular formula is C14H20N4OS. The van der Waals surface area contributed by atoms with Crippen LogP contribution < -0.4 is 10.1 Å². The van der Waals surface area contributed by atoms with Crippen LogP contribution in [0, 0.1) is 0 Å². The molecule has 108 valence electrons. The fraction of sp³-hybridized carbons (Fsp3) is 0.500. The molecule has 2 rings (SSSR count). The largest absolute Gasteiger partial charge is 0.495 e. The molecule has 1 unspecified atom stereocenters. The Hall–Kier alpha value is -1.53. The van der Waals surface area contributed by atoms with Crippen molar-refractivity contribution in [2.75, 3.05) is 14.2 Å². The molecule has 0 amide bonds. The van der Waals surface area contributed by atoms with Crippen LogP contribution >= 0.6 is 11.5 Å². The van der Waals surface area contributed by atoms with E-state index in [4.69, 9.17) is 4.74 Å². The number of hydrogen-bond donors (Lipinski definition) is 1. The summed E-state index contributed by atoms with van der Waals surface area (Å²) in [5.41, 5.74) is 2.03. The highest BCUT2D eigenvalue weighted by atomic mass is 32.1. The Balaban J connectivity index is 2.45. The van der Waals surface area contributed by atoms with Crippen LogP contribution in [0.25, 0.3) is 0 Å². The van der Waals surface area contributed by atoms with Gasteiger partial charge in [0.1, 0.15) is 5.75 Å². The fourth-order valence-electron chi connectivity index (χ4n) is 2.06. The predicted molar refractivity (Wildman–Crippen MR) is 80.3 cm³/mol. The quantitative estimate of drug-likeness (QED) is 0.938. The molecule has 0 spiro atoms. The lowest BCUT2D eigenvalue weighted by Gasteiger charge is -2.21. The minimum atomic E-state index is -0.0380. The third kappa shape index (κ3) is 2.96. The van der Waals surface area contributed by atoms with E-state index in [1.807, 2.05) is 19.3 Å². The number of aromatic nitrogens is 3. The van der Waals surface area contributed by atoms with Crippen molar-refractivity contribution in [1.29, 1.82) is 0 Å². The molecule has 1 atom stereocenters. The lowest BCUT2D eigenvalue weighted by Crippen LogP contribution is -2.22. The highest BCUT2D eigenvalue weighted by Crippen LogP contribution is 2.33. The van der Waals surface area contributed by atoms with Gasteiger partial charge in [0, 0.05) is 11.6 Å². The molecule has 6 heteroatoms. The van der Waals surface area contributed by atoms with Gasteiger partial charge in [-0.1, -0.05) is 25.3 Å². The molecule has 0 aliphatic rings. The number of nitrogens with zero attached hydrogens (tertiary/aromatic N) is 3. The van der Waals surface area contributed by atoms with Crippen LogP contribution in [-0.4, -0.2) is 28.7 Å². The van der Waals surface area contributed by atoms with Gasteiger partial charge in [0.05, 0.1) is 29.9 Å². The Labute approximate surface area is 123 Å². The maximum absolute atomic E-state index is 5.25. The maximum Gasteiger partial charge on any atom is 0.137 e. The number of ether oxygens (including phenoxy) is 1. The van der Waals surface area contributed by atoms with Gasteiger partial charge in [0.2, 0.25) is 0 Å². The van der Waals surface area contributed by atoms with Crippen molar-refractivity contribution in [3.63, 3.8) is 0 Å². The molecule has 2 heterocycles. The molecule has 0 bridgehead atoms. The molecule has 0 fully saturated rings. The van der Waals surface area contributed by atoms with E-state index in [2.05, 4.69) is 40.7 Å². The summed E-state index contributed by atoms with van der Waals surface area (Å²) in [6, 6.07) is 2.01. The van der Waals surface area contributed by atoms with Crippen molar-refractivity contribution in [3.05, 3.63) is 34.6 Å². The molecule has 0 saturated carbocycles. The predicted octanol–water partition coefficient (Wildman–Crippen LogP) is 2.55. The average molecular weight is 292 g/mol. The molecule has 0 saturated heterocycles. The second-order valence-corrected chi connectivity index (χ2v) is 6.40. The van der Waals surface area contributed by atoms with E-state index in [0.29, 0.717) is 0 Å². The SMILES string of the molecule is CNC(c1cncc(OC)c1)c1snnc1C(C)(C)C. The standard InChI is InChI=1S/C14H20N4OS/c1-14(2,3)13-12(20-18-17-13)11(15-4)9-6-10(19-5)8-16-7-9/h6-8,11,15H,1-5H3. The van der Waals surface area contributed by atoms with Crippen molar-refractivity contribution in [3.8, 4) is 5.75 Å². The van der Waals surface area contributed by atoms with E-state index in [1.54, 1.807) is 13.3 Å². The van der Waals surface area contributed by atoms with Gasteiger partial charge in [0.25, 0.3) is 0 Å². The first-order chi connectivity index (χ1) is 9.47. The Morgan fingerprint density at radius 3 is 2.65 bits per heavy atom. The highest BCUT2D eigenvalue weighted by Gasteiger charge is 2.27. The minimum absolute atomic E-state index is 0.0202. The Morgan fingerprint density at radius 2 is 2.05 bits per heavy atom. The van der Waals surface area contributed by atoms with Crippen LogP contribution in [0.4, 0.5) is 0 Å². The number of rotatable bonds is 4. The van der Waals surface area contributed by atoms with Crippen LogP contribution in [0.3, 0.4) is 0 Å². The summed E-state index contributed by atoms with van der Waals surface area (Å²) >= 11 is 1.43. The lowest BCUT2D eigenvalue weighted by molar-refractivity contribution is 0.411. The molecule has 0 aliphatic heterocycles. The lowest BCUT2D eigenvalue weighted by atomic mass is 9.89. The van der Waals surface area contributed by atoms with E-state index in [9.17, 15) is 0 Å². The Bertz CT molecular complexity index is 577. The third-order valence-electron chi connectivity index (χ3n) is 3.08. The molecule has 2 aromatic heterocycles. The molecule has 5 nitrogen and oxygen atoms in total. The molecule has 2 aromatic rings. The van der Waals surface area contributed by atoms with Crippen LogP contribution in [0.1, 0.15) is 42.9 Å². The monoisotopic (exact) mass is 292 g/mol. The summed E-state index contributed by atoms with van der Waals surface area (Å²) in [5, 5.41) is 7.62. The van der Waals surface area contributed by atoms with Crippen molar-refractivity contribution in [1.82, 2.24) is 19.9 Å². The second-order valence-electron chi connectivity index (χ2n) is 5.62. The fourth-order valence-corrected chi connectivity index (χ4v) is 3.06. The van der Waals surface area contributed by atoms with Gasteiger partial charge in [-0.3, -0.25) is 4.98 Å². The van der Waals surface area contributed by atoms with Gasteiger partial charge < -0.3 is 10.1 Å². The summed E-state index contributed by atoms with van der Waals surface area (Å²) in [7, 11) is 3.57. The van der Waals surface area contributed by atoms with E-state index in [-0.39, 0.29) is 11.5 Å². The Kier molecular flexibility index (Phi) is 4.35. The van der Waals surface area contributed by atoms with Gasteiger partial charge in [0.15, 0.2) is 0 Å². The van der Waals surface area contributed by atoms with Crippen LogP contribution in [0.5, 0.6) is 5.75 Å². The molecule has 20 heavy (non-hydrogen) atoms. The Morgan fingerprint density at radius 1 is 1.30 bits per heavy atom. The zero-order valence-electron chi connectivity index (χ0n) is 12.5. The smallest absolute Gasteiger partial charge is 0.137 e. The van der Waals surface area contributed by atoms with E-state index in [0.717, 1.165) is 21.9 Å². The van der Waals surface area contributed by atoms with Crippen LogP contribution in [0.15, 0.2) is 18.5 Å². The minimum Gasteiger partial charge on any atom is -0.495 e. The summed E-state index contributed by atoms with van der Waals surface area (Å²) in [4.78, 5) is 5.35. The second kappa shape index (κ2) is 5.85. The summed E-state index contributed by atoms with van der Waals surface area (Å²) in [6.45, 7) is 6.43. The number of hydrogen-bond acceptors (Lipinski definition) is 6. The van der Waals surface area contributed by atoms with Gasteiger partial charge in [-0.2, -0.15) is 0 Å². The van der Waals surface area contributed by atoms with E-state index < -0.39 is 0 Å². The van der Waals surface area contributed by atoms with E-state index >= 15 is 0 Å². The average Bonchev–Trinajstić information content (AvgIpc) is 2.89. The molecule has 0 aromatic carbocycles. The van der Waals surface area contributed by atoms with Crippen LogP contribution in [-0.2, 0) is 5.41 Å². The zero-order chi connectivity index (χ0) is 14.8. The first kappa shape index (κ1) is 14.9. The summed E-state index contributed by atoms with van der Waals surface area (Å²) in [5.74, 6) is 0.748. The summed E-state index contributed by atoms with van der Waals surface area (Å²) in [6.07, 6.45) is 3.54. The van der Waals surface area contributed by atoms with Gasteiger partial charge in [-0.05, 0) is 30.2 Å². The van der Waals surface area contributed by atoms with Crippen LogP contribution in [0.2, 0.25) is 0 Å². The molecule has 1 N–H and O–H groups in total. The topological polar surface area (TPSA) is 59.9 Å². The van der Waals surface area contributed by atoms with Crippen molar-refractivity contribution in [2.24, 2.45) is 0 Å². The first-order valence-corrected chi connectivity index (χ1v) is 7.23. The number of pyridine rings is 1. The number of nitrogens with one attached hydrogen (secondary N) is 1. The van der Waals surface area contributed by atoms with Gasteiger partial charge in [-0.25, -0.2) is 0 Å². The number of methoxy groups -OCH3 is 1. The first-order valence-electron chi connectivity index (χ1n) is 6.46. The normalized spacial score (nSPS) is 13.2. The van der Waals surface area contributed by atoms with Crippen molar-refractivity contribution in [2.45, 2.75) is 32.2 Å². The summed E-state index contributed by atoms with van der Waals surface area (Å²) < 4.78 is 9.37. The molecular weight excluding hydrogens is 272 g/mol. The van der Waals surface area contributed by atoms with Gasteiger partial charge >= 0.3 is 0 Å². The highest BCUT2D eigenvalue weighted by molar-refractivity contribution is 7.05. The molecule has 0 radical (unpaired) electrons. The molecule has 0 aliphatic carbocycles. The van der Waals surface area contributed by atoms with Crippen molar-refractivity contribution < 1.29 is 4.74 Å². The van der Waals surface area contributed by atoms with E-state index in [1.165, 1.54) is 11.5 Å².